The zero-order chi connectivity index (χ0) is 19.0. The summed E-state index contributed by atoms with van der Waals surface area (Å²) in [6.07, 6.45) is 7.14. The first-order chi connectivity index (χ1) is 13.0. The number of rotatable bonds is 6. The first-order valence-corrected chi connectivity index (χ1v) is 11.3. The van der Waals surface area contributed by atoms with Crippen LogP contribution < -0.4 is 5.32 Å². The quantitative estimate of drug-likeness (QED) is 0.759. The Morgan fingerprint density at radius 1 is 1.11 bits per heavy atom. The van der Waals surface area contributed by atoms with Gasteiger partial charge in [-0.05, 0) is 68.4 Å². The van der Waals surface area contributed by atoms with E-state index in [4.69, 9.17) is 4.74 Å². The third-order valence-corrected chi connectivity index (χ3v) is 7.76. The van der Waals surface area contributed by atoms with Crippen LogP contribution in [0.25, 0.3) is 0 Å². The van der Waals surface area contributed by atoms with E-state index in [0.29, 0.717) is 10.6 Å². The van der Waals surface area contributed by atoms with E-state index in [9.17, 15) is 13.8 Å². The Kier molecular flexibility index (Phi) is 5.10. The average molecular weight is 390 g/mol. The molecule has 0 spiro atoms. The second-order valence-electron chi connectivity index (χ2n) is 8.45. The maximum Gasteiger partial charge on any atom is 0.339 e. The highest BCUT2D eigenvalue weighted by molar-refractivity contribution is 7.85. The molecule has 0 heterocycles. The highest BCUT2D eigenvalue weighted by Crippen LogP contribution is 2.55. The molecule has 6 heteroatoms. The lowest BCUT2D eigenvalue weighted by molar-refractivity contribution is -0.130. The summed E-state index contributed by atoms with van der Waals surface area (Å²) in [5.41, 5.74) is 0.195. The summed E-state index contributed by atoms with van der Waals surface area (Å²) in [4.78, 5) is 25.4. The molecule has 0 aliphatic heterocycles. The maximum atomic E-state index is 12.5. The fourth-order valence-corrected chi connectivity index (χ4v) is 6.73. The Morgan fingerprint density at radius 2 is 1.70 bits per heavy atom. The van der Waals surface area contributed by atoms with Crippen molar-refractivity contribution in [2.45, 2.75) is 55.9 Å². The summed E-state index contributed by atoms with van der Waals surface area (Å²) < 4.78 is 17.4. The van der Waals surface area contributed by atoms with Gasteiger partial charge in [-0.1, -0.05) is 19.1 Å². The van der Waals surface area contributed by atoms with Gasteiger partial charge in [-0.15, -0.1) is 0 Å². The van der Waals surface area contributed by atoms with Crippen molar-refractivity contribution in [1.82, 2.24) is 5.32 Å². The lowest BCUT2D eigenvalue weighted by Crippen LogP contribution is -2.60. The predicted molar refractivity (Wildman–Crippen MR) is 103 cm³/mol. The topological polar surface area (TPSA) is 72.5 Å². The first kappa shape index (κ1) is 18.7. The highest BCUT2D eigenvalue weighted by atomic mass is 32.2. The second-order valence-corrected chi connectivity index (χ2v) is 10.2. The third-order valence-electron chi connectivity index (χ3n) is 6.39. The summed E-state index contributed by atoms with van der Waals surface area (Å²) in [5.74, 6) is 1.85. The van der Waals surface area contributed by atoms with Crippen LogP contribution >= 0.6 is 0 Å². The number of ether oxygens (including phenoxy) is 1. The number of hydrogen-bond acceptors (Lipinski definition) is 4. The Hall–Kier alpha value is -1.69. The molecule has 1 aromatic carbocycles. The van der Waals surface area contributed by atoms with E-state index in [1.165, 1.54) is 19.3 Å². The molecule has 0 radical (unpaired) electrons. The molecule has 27 heavy (non-hydrogen) atoms. The number of carbonyl (C=O) groups excluding carboxylic acids is 2. The molecule has 5 nitrogen and oxygen atoms in total. The van der Waals surface area contributed by atoms with Gasteiger partial charge in [0.05, 0.1) is 21.3 Å². The van der Waals surface area contributed by atoms with Gasteiger partial charge in [0.25, 0.3) is 5.91 Å². The van der Waals surface area contributed by atoms with Gasteiger partial charge in [0.2, 0.25) is 0 Å². The zero-order valence-corrected chi connectivity index (χ0v) is 16.6. The minimum absolute atomic E-state index is 0.0835. The van der Waals surface area contributed by atoms with Gasteiger partial charge < -0.3 is 10.1 Å². The lowest BCUT2D eigenvalue weighted by atomic mass is 9.53. The van der Waals surface area contributed by atoms with Crippen LogP contribution in [0.1, 0.15) is 55.8 Å². The minimum atomic E-state index is -1.25. The Bertz CT molecular complexity index is 740. The molecule has 4 fully saturated rings. The van der Waals surface area contributed by atoms with Crippen molar-refractivity contribution in [2.24, 2.45) is 17.8 Å². The normalized spacial score (nSPS) is 32.1. The van der Waals surface area contributed by atoms with Crippen molar-refractivity contribution in [3.63, 3.8) is 0 Å². The zero-order valence-electron chi connectivity index (χ0n) is 15.7. The Balaban J connectivity index is 1.36. The summed E-state index contributed by atoms with van der Waals surface area (Å²) in [6.45, 7) is 1.52. The fourth-order valence-electron chi connectivity index (χ4n) is 5.79. The number of nitrogens with one attached hydrogen (secondary N) is 1. The standard InChI is InChI=1S/C21H27NO4S/c1-2-27(25)18-6-4-3-5-17(18)20(24)26-13-19(23)22-21-10-14-7-15(11-21)9-16(8-14)12-21/h3-6,14-16H,2,7-13H2,1H3,(H,22,23)/t14?,15?,16?,21?,27-/m0/s1. The molecule has 146 valence electrons. The number of hydrogen-bond donors (Lipinski definition) is 1. The summed E-state index contributed by atoms with van der Waals surface area (Å²) in [5, 5.41) is 3.20. The van der Waals surface area contributed by atoms with E-state index in [1.54, 1.807) is 31.2 Å². The molecular weight excluding hydrogens is 362 g/mol. The maximum absolute atomic E-state index is 12.5. The number of esters is 1. The van der Waals surface area contributed by atoms with Gasteiger partial charge in [0, 0.05) is 11.3 Å². The van der Waals surface area contributed by atoms with Crippen molar-refractivity contribution in [3.8, 4) is 0 Å². The van der Waals surface area contributed by atoms with Crippen LogP contribution in [0, 0.1) is 17.8 Å². The van der Waals surface area contributed by atoms with Crippen LogP contribution in [0.4, 0.5) is 0 Å². The van der Waals surface area contributed by atoms with E-state index in [1.807, 2.05) is 0 Å². The van der Waals surface area contributed by atoms with Crippen LogP contribution in [0.5, 0.6) is 0 Å². The van der Waals surface area contributed by atoms with Crippen LogP contribution in [0.15, 0.2) is 29.2 Å². The van der Waals surface area contributed by atoms with Crippen molar-refractivity contribution in [1.29, 1.82) is 0 Å². The average Bonchev–Trinajstić information content (AvgIpc) is 2.64. The monoisotopic (exact) mass is 389 g/mol. The van der Waals surface area contributed by atoms with Crippen molar-refractivity contribution in [2.75, 3.05) is 12.4 Å². The van der Waals surface area contributed by atoms with E-state index in [2.05, 4.69) is 5.32 Å². The molecule has 4 aliphatic rings. The van der Waals surface area contributed by atoms with Gasteiger partial charge in [-0.25, -0.2) is 4.79 Å². The molecule has 4 saturated carbocycles. The number of carbonyl (C=O) groups is 2. The molecule has 4 bridgehead atoms. The summed E-state index contributed by atoms with van der Waals surface area (Å²) >= 11 is 0. The van der Waals surface area contributed by atoms with Crippen molar-refractivity contribution in [3.05, 3.63) is 29.8 Å². The van der Waals surface area contributed by atoms with E-state index >= 15 is 0 Å². The molecule has 1 atom stereocenters. The number of benzene rings is 1. The van der Waals surface area contributed by atoms with Crippen LogP contribution in [0.3, 0.4) is 0 Å². The summed E-state index contributed by atoms with van der Waals surface area (Å²) in [6, 6.07) is 6.73. The third kappa shape index (κ3) is 3.82. The molecule has 0 unspecified atom stereocenters. The molecule has 1 aromatic rings. The first-order valence-electron chi connectivity index (χ1n) is 9.93. The van der Waals surface area contributed by atoms with Gasteiger partial charge in [-0.2, -0.15) is 0 Å². The second kappa shape index (κ2) is 7.38. The highest BCUT2D eigenvalue weighted by Gasteiger charge is 2.51. The van der Waals surface area contributed by atoms with E-state index < -0.39 is 16.8 Å². The van der Waals surface area contributed by atoms with E-state index in [-0.39, 0.29) is 23.6 Å². The molecule has 5 rings (SSSR count). The smallest absolute Gasteiger partial charge is 0.339 e. The Morgan fingerprint density at radius 3 is 2.30 bits per heavy atom. The van der Waals surface area contributed by atoms with Gasteiger partial charge in [0.15, 0.2) is 6.61 Å². The largest absolute Gasteiger partial charge is 0.452 e. The summed E-state index contributed by atoms with van der Waals surface area (Å²) in [7, 11) is -1.25. The van der Waals surface area contributed by atoms with Crippen LogP contribution in [-0.4, -0.2) is 34.0 Å². The fraction of sp³-hybridized carbons (Fsp3) is 0.619. The number of amides is 1. The Labute approximate surface area is 162 Å². The molecule has 0 saturated heterocycles. The lowest BCUT2D eigenvalue weighted by Gasteiger charge is -2.56. The minimum Gasteiger partial charge on any atom is -0.452 e. The SMILES string of the molecule is CC[S@](=O)c1ccccc1C(=O)OCC(=O)NC12CC3CC(CC(C3)C1)C2. The van der Waals surface area contributed by atoms with Crippen molar-refractivity contribution >= 4 is 22.7 Å². The molecular formula is C21H27NO4S. The molecule has 1 N–H and O–H groups in total. The molecule has 0 aromatic heterocycles. The van der Waals surface area contributed by atoms with Crippen molar-refractivity contribution < 1.29 is 18.5 Å². The van der Waals surface area contributed by atoms with Gasteiger partial charge >= 0.3 is 5.97 Å². The van der Waals surface area contributed by atoms with E-state index in [0.717, 1.165) is 37.0 Å². The predicted octanol–water partition coefficient (Wildman–Crippen LogP) is 3.06. The molecule has 4 aliphatic carbocycles. The van der Waals surface area contributed by atoms with Crippen LogP contribution in [0.2, 0.25) is 0 Å². The van der Waals surface area contributed by atoms with Gasteiger partial charge in [0.1, 0.15) is 0 Å². The van der Waals surface area contributed by atoms with Crippen LogP contribution in [-0.2, 0) is 20.3 Å². The molecule has 1 amide bonds. The van der Waals surface area contributed by atoms with Gasteiger partial charge in [-0.3, -0.25) is 9.00 Å².